The van der Waals surface area contributed by atoms with Gasteiger partial charge in [0.15, 0.2) is 0 Å². The van der Waals surface area contributed by atoms with E-state index in [1.54, 1.807) is 37.9 Å². The molecule has 1 aliphatic heterocycles. The molecule has 1 saturated carbocycles. The summed E-state index contributed by atoms with van der Waals surface area (Å²) in [5.41, 5.74) is 1.26. The number of furan rings is 1. The topological polar surface area (TPSA) is 66.2 Å². The van der Waals surface area contributed by atoms with Gasteiger partial charge in [-0.15, -0.1) is 6.58 Å². The van der Waals surface area contributed by atoms with Gasteiger partial charge in [-0.3, -0.25) is 9.69 Å². The lowest BCUT2D eigenvalue weighted by Gasteiger charge is -2.60. The van der Waals surface area contributed by atoms with Gasteiger partial charge in [-0.1, -0.05) is 18.2 Å². The number of carbonyl (C=O) groups excluding carboxylic acids is 1. The molecule has 2 aliphatic rings. The van der Waals surface area contributed by atoms with Crippen molar-refractivity contribution in [1.29, 1.82) is 0 Å². The minimum atomic E-state index is -0.394. The molecule has 1 aliphatic carbocycles. The first-order valence-corrected chi connectivity index (χ1v) is 11.6. The molecule has 1 aromatic heterocycles. The van der Waals surface area contributed by atoms with Gasteiger partial charge in [-0.2, -0.15) is 0 Å². The Balaban J connectivity index is 1.65. The summed E-state index contributed by atoms with van der Waals surface area (Å²) in [4.78, 5) is 17.2. The number of phenols is 1. The first kappa shape index (κ1) is 23.3. The summed E-state index contributed by atoms with van der Waals surface area (Å²) in [7, 11) is 3.69. The summed E-state index contributed by atoms with van der Waals surface area (Å²) < 4.78 is 11.4. The molecule has 33 heavy (non-hydrogen) atoms. The molecule has 0 bridgehead atoms. The van der Waals surface area contributed by atoms with Crippen molar-refractivity contribution >= 4 is 12.0 Å². The summed E-state index contributed by atoms with van der Waals surface area (Å²) in [5, 5.41) is 10.3. The van der Waals surface area contributed by atoms with Crippen LogP contribution < -0.4 is 0 Å². The van der Waals surface area contributed by atoms with Crippen LogP contribution in [-0.2, 0) is 14.9 Å². The number of amides is 1. The number of rotatable bonds is 7. The molecule has 0 unspecified atom stereocenters. The van der Waals surface area contributed by atoms with E-state index in [9.17, 15) is 9.90 Å². The Morgan fingerprint density at radius 3 is 2.94 bits per heavy atom. The third kappa shape index (κ3) is 4.37. The van der Waals surface area contributed by atoms with Crippen LogP contribution in [0.1, 0.15) is 36.8 Å². The predicted molar refractivity (Wildman–Crippen MR) is 129 cm³/mol. The molecule has 3 atom stereocenters. The van der Waals surface area contributed by atoms with Crippen LogP contribution in [0.15, 0.2) is 66.0 Å². The van der Waals surface area contributed by atoms with Gasteiger partial charge in [-0.05, 0) is 62.1 Å². The van der Waals surface area contributed by atoms with E-state index in [0.717, 1.165) is 56.4 Å². The zero-order valence-corrected chi connectivity index (χ0v) is 19.6. The monoisotopic (exact) mass is 450 g/mol. The van der Waals surface area contributed by atoms with Gasteiger partial charge in [0.1, 0.15) is 5.75 Å². The first-order valence-electron chi connectivity index (χ1n) is 11.6. The second kappa shape index (κ2) is 9.57. The molecule has 2 aromatic rings. The second-order valence-electron chi connectivity index (χ2n) is 9.34. The fourth-order valence-electron chi connectivity index (χ4n) is 5.87. The smallest absolute Gasteiger partial charge is 0.246 e. The van der Waals surface area contributed by atoms with Crippen LogP contribution in [0.3, 0.4) is 0 Å². The maximum Gasteiger partial charge on any atom is 0.246 e. The zero-order chi connectivity index (χ0) is 23.5. The molecule has 0 radical (unpaired) electrons. The van der Waals surface area contributed by atoms with Gasteiger partial charge in [0.05, 0.1) is 18.1 Å². The maximum absolute atomic E-state index is 13.0. The van der Waals surface area contributed by atoms with Crippen LogP contribution in [0, 0.1) is 0 Å². The number of hydrogen-bond acceptors (Lipinski definition) is 5. The van der Waals surface area contributed by atoms with E-state index in [2.05, 4.69) is 17.5 Å². The molecular formula is C27H34N2O4. The van der Waals surface area contributed by atoms with E-state index in [1.807, 2.05) is 36.2 Å². The highest BCUT2D eigenvalue weighted by Gasteiger charge is 2.59. The first-order chi connectivity index (χ1) is 15.9. The number of piperidine rings is 1. The fraction of sp³-hybridized carbons (Fsp3) is 0.444. The maximum atomic E-state index is 13.0. The van der Waals surface area contributed by atoms with Gasteiger partial charge in [-0.25, -0.2) is 0 Å². The van der Waals surface area contributed by atoms with Gasteiger partial charge >= 0.3 is 0 Å². The number of fused-ring (bicyclic) bond motifs is 1. The number of phenolic OH excluding ortho intramolecular Hbond substituents is 1. The van der Waals surface area contributed by atoms with Crippen molar-refractivity contribution in [3.05, 3.63) is 72.7 Å². The van der Waals surface area contributed by atoms with Crippen molar-refractivity contribution in [3.63, 3.8) is 0 Å². The summed E-state index contributed by atoms with van der Waals surface area (Å²) in [5.74, 6) is 0.233. The minimum absolute atomic E-state index is 0.0266. The molecule has 2 heterocycles. The molecule has 1 saturated heterocycles. The number of carbonyl (C=O) groups is 1. The average Bonchev–Trinajstić information content (AvgIpc) is 3.35. The number of ether oxygens (including phenoxy) is 1. The Morgan fingerprint density at radius 1 is 1.39 bits per heavy atom. The Kier molecular flexibility index (Phi) is 6.77. The van der Waals surface area contributed by atoms with E-state index in [-0.39, 0.29) is 23.1 Å². The van der Waals surface area contributed by atoms with E-state index >= 15 is 0 Å². The Bertz CT molecular complexity index is 1000. The van der Waals surface area contributed by atoms with Crippen molar-refractivity contribution in [1.82, 2.24) is 9.80 Å². The summed E-state index contributed by atoms with van der Waals surface area (Å²) in [6, 6.07) is 9.48. The van der Waals surface area contributed by atoms with Crippen molar-refractivity contribution < 1.29 is 19.1 Å². The third-order valence-corrected chi connectivity index (χ3v) is 7.71. The third-order valence-electron chi connectivity index (χ3n) is 7.71. The Morgan fingerprint density at radius 2 is 2.24 bits per heavy atom. The standard InChI is InChI=1S/C27H34N2O4/c1-4-14-29-15-13-26(22-6-5-7-24(30)17-22)18-23(10-12-27(26,20-29)32-3)28(2)25(31)9-8-21-11-16-33-19-21/h4-9,11,16-17,19,23,30H,1,10,12-15,18,20H2,2-3H3/b9-8+/t23-,26-,27-/m0/s1. The van der Waals surface area contributed by atoms with Crippen LogP contribution >= 0.6 is 0 Å². The lowest BCUT2D eigenvalue weighted by molar-refractivity contribution is -0.157. The predicted octanol–water partition coefficient (Wildman–Crippen LogP) is 4.22. The molecule has 176 valence electrons. The average molecular weight is 451 g/mol. The fourth-order valence-corrected chi connectivity index (χ4v) is 5.87. The molecule has 1 amide bonds. The lowest BCUT2D eigenvalue weighted by Crippen LogP contribution is -2.67. The number of aromatic hydroxyl groups is 1. The van der Waals surface area contributed by atoms with E-state index < -0.39 is 5.60 Å². The number of methoxy groups -OCH3 is 1. The van der Waals surface area contributed by atoms with Crippen molar-refractivity contribution in [3.8, 4) is 5.75 Å². The highest BCUT2D eigenvalue weighted by Crippen LogP contribution is 2.54. The molecule has 1 N–H and O–H groups in total. The van der Waals surface area contributed by atoms with Gasteiger partial charge in [0.25, 0.3) is 0 Å². The van der Waals surface area contributed by atoms with E-state index in [1.165, 1.54) is 0 Å². The van der Waals surface area contributed by atoms with Gasteiger partial charge in [0.2, 0.25) is 5.91 Å². The van der Waals surface area contributed by atoms with Crippen LogP contribution in [0.2, 0.25) is 0 Å². The molecule has 4 rings (SSSR count). The lowest BCUT2D eigenvalue weighted by atomic mass is 9.55. The SMILES string of the molecule is C=CCN1CC[C@@]2(c3cccc(O)c3)C[C@@H](N(C)C(=O)/C=C/c3ccoc3)CC[C@]2(OC)C1. The molecule has 6 heteroatoms. The quantitative estimate of drug-likeness (QED) is 0.505. The van der Waals surface area contributed by atoms with E-state index in [0.29, 0.717) is 0 Å². The van der Waals surface area contributed by atoms with Crippen molar-refractivity contribution in [2.24, 2.45) is 0 Å². The number of hydrogen-bond donors (Lipinski definition) is 1. The normalized spacial score (nSPS) is 27.9. The number of nitrogens with zero attached hydrogens (tertiary/aromatic N) is 2. The highest BCUT2D eigenvalue weighted by molar-refractivity contribution is 5.91. The molecular weight excluding hydrogens is 416 g/mol. The Labute approximate surface area is 196 Å². The molecule has 0 spiro atoms. The van der Waals surface area contributed by atoms with Crippen LogP contribution in [0.4, 0.5) is 0 Å². The van der Waals surface area contributed by atoms with Crippen LogP contribution in [-0.4, -0.2) is 66.2 Å². The Hall–Kier alpha value is -2.83. The summed E-state index contributed by atoms with van der Waals surface area (Å²) in [6.07, 6.45) is 11.9. The molecule has 2 fully saturated rings. The summed E-state index contributed by atoms with van der Waals surface area (Å²) >= 11 is 0. The van der Waals surface area contributed by atoms with Crippen LogP contribution in [0.5, 0.6) is 5.75 Å². The van der Waals surface area contributed by atoms with Gasteiger partial charge in [0, 0.05) is 50.3 Å². The van der Waals surface area contributed by atoms with Crippen molar-refractivity contribution in [2.75, 3.05) is 33.8 Å². The summed E-state index contributed by atoms with van der Waals surface area (Å²) in [6.45, 7) is 6.45. The highest BCUT2D eigenvalue weighted by atomic mass is 16.5. The number of likely N-dealkylation sites (tertiary alicyclic amines) is 1. The largest absolute Gasteiger partial charge is 0.508 e. The van der Waals surface area contributed by atoms with Gasteiger partial charge < -0.3 is 19.2 Å². The molecule has 6 nitrogen and oxygen atoms in total. The van der Waals surface area contributed by atoms with E-state index in [4.69, 9.17) is 9.15 Å². The molecule has 1 aromatic carbocycles. The second-order valence-corrected chi connectivity index (χ2v) is 9.34. The van der Waals surface area contributed by atoms with Crippen molar-refractivity contribution in [2.45, 2.75) is 42.7 Å². The number of likely N-dealkylation sites (N-methyl/N-ethyl adjacent to an activating group) is 1. The van der Waals surface area contributed by atoms with Crippen LogP contribution in [0.25, 0.3) is 6.08 Å². The zero-order valence-electron chi connectivity index (χ0n) is 19.6. The number of benzene rings is 1. The minimum Gasteiger partial charge on any atom is -0.508 e.